The predicted molar refractivity (Wildman–Crippen MR) is 80.9 cm³/mol. The van der Waals surface area contributed by atoms with Gasteiger partial charge in [-0.1, -0.05) is 28.1 Å². The van der Waals surface area contributed by atoms with Crippen LogP contribution in [0.25, 0.3) is 0 Å². The van der Waals surface area contributed by atoms with E-state index in [0.29, 0.717) is 5.69 Å². The minimum atomic E-state index is -3.53. The molecular weight excluding hydrogens is 326 g/mol. The molecule has 100 valence electrons. The van der Waals surface area contributed by atoms with Crippen molar-refractivity contribution >= 4 is 31.6 Å². The van der Waals surface area contributed by atoms with Gasteiger partial charge in [-0.05, 0) is 55.3 Å². The summed E-state index contributed by atoms with van der Waals surface area (Å²) < 4.78 is 28.0. The summed E-state index contributed by atoms with van der Waals surface area (Å²) in [6.07, 6.45) is 0. The molecule has 1 N–H and O–H groups in total. The number of hydrogen-bond acceptors (Lipinski definition) is 2. The van der Waals surface area contributed by atoms with Gasteiger partial charge in [-0.3, -0.25) is 4.72 Å². The monoisotopic (exact) mass is 339 g/mol. The third-order valence-electron chi connectivity index (χ3n) is 2.71. The summed E-state index contributed by atoms with van der Waals surface area (Å²) in [5.41, 5.74) is 2.45. The second-order valence-electron chi connectivity index (χ2n) is 4.39. The van der Waals surface area contributed by atoms with Crippen LogP contribution in [0.2, 0.25) is 0 Å². The van der Waals surface area contributed by atoms with E-state index in [9.17, 15) is 8.42 Å². The smallest absolute Gasteiger partial charge is 0.261 e. The van der Waals surface area contributed by atoms with E-state index < -0.39 is 10.0 Å². The molecule has 2 aromatic rings. The molecule has 0 spiro atoms. The molecule has 0 saturated heterocycles. The summed E-state index contributed by atoms with van der Waals surface area (Å²) in [5, 5.41) is 0. The van der Waals surface area contributed by atoms with E-state index in [1.54, 1.807) is 30.3 Å². The van der Waals surface area contributed by atoms with Crippen LogP contribution < -0.4 is 4.72 Å². The van der Waals surface area contributed by atoms with E-state index in [2.05, 4.69) is 20.7 Å². The number of hydrogen-bond donors (Lipinski definition) is 1. The van der Waals surface area contributed by atoms with E-state index in [-0.39, 0.29) is 4.90 Å². The Kier molecular flexibility index (Phi) is 3.96. The molecule has 0 aliphatic carbocycles. The van der Waals surface area contributed by atoms with Gasteiger partial charge in [-0.2, -0.15) is 0 Å². The molecule has 3 nitrogen and oxygen atoms in total. The Bertz CT molecular complexity index is 711. The van der Waals surface area contributed by atoms with Crippen molar-refractivity contribution in [1.29, 1.82) is 0 Å². The van der Waals surface area contributed by atoms with Crippen LogP contribution in [0, 0.1) is 13.8 Å². The number of halogens is 1. The minimum absolute atomic E-state index is 0.271. The molecule has 2 rings (SSSR count). The number of aryl methyl sites for hydroxylation is 2. The molecule has 19 heavy (non-hydrogen) atoms. The molecule has 0 unspecified atom stereocenters. The van der Waals surface area contributed by atoms with Crippen LogP contribution in [0.3, 0.4) is 0 Å². The van der Waals surface area contributed by atoms with Crippen molar-refractivity contribution in [3.63, 3.8) is 0 Å². The first kappa shape index (κ1) is 14.1. The maximum atomic E-state index is 12.2. The van der Waals surface area contributed by atoms with Crippen molar-refractivity contribution in [3.05, 3.63) is 58.1 Å². The van der Waals surface area contributed by atoms with Gasteiger partial charge in [-0.15, -0.1) is 0 Å². The summed E-state index contributed by atoms with van der Waals surface area (Å²) in [7, 11) is -3.53. The maximum Gasteiger partial charge on any atom is 0.261 e. The summed E-state index contributed by atoms with van der Waals surface area (Å²) in [4.78, 5) is 0.271. The quantitative estimate of drug-likeness (QED) is 0.922. The van der Waals surface area contributed by atoms with Crippen molar-refractivity contribution < 1.29 is 8.42 Å². The Morgan fingerprint density at radius 1 is 1.05 bits per heavy atom. The van der Waals surface area contributed by atoms with Crippen molar-refractivity contribution in [2.24, 2.45) is 0 Å². The van der Waals surface area contributed by atoms with Gasteiger partial charge >= 0.3 is 0 Å². The Morgan fingerprint density at radius 2 is 1.79 bits per heavy atom. The average Bonchev–Trinajstić information content (AvgIpc) is 2.33. The summed E-state index contributed by atoms with van der Waals surface area (Å²) in [6, 6.07) is 12.2. The number of sulfonamides is 1. The van der Waals surface area contributed by atoms with Gasteiger partial charge in [0.2, 0.25) is 0 Å². The zero-order valence-corrected chi connectivity index (χ0v) is 13.0. The lowest BCUT2D eigenvalue weighted by molar-refractivity contribution is 0.601. The van der Waals surface area contributed by atoms with Gasteiger partial charge in [0.05, 0.1) is 4.90 Å². The fourth-order valence-corrected chi connectivity index (χ4v) is 3.11. The third-order valence-corrected chi connectivity index (χ3v) is 4.98. The molecule has 0 aliphatic rings. The predicted octanol–water partition coefficient (Wildman–Crippen LogP) is 3.87. The molecule has 5 heteroatoms. The molecule has 2 aromatic carbocycles. The Morgan fingerprint density at radius 3 is 2.42 bits per heavy atom. The Balaban J connectivity index is 2.33. The van der Waals surface area contributed by atoms with Crippen molar-refractivity contribution in [2.45, 2.75) is 18.7 Å². The normalized spacial score (nSPS) is 11.3. The lowest BCUT2D eigenvalue weighted by Crippen LogP contribution is -2.13. The summed E-state index contributed by atoms with van der Waals surface area (Å²) in [6.45, 7) is 3.78. The third kappa shape index (κ3) is 3.36. The van der Waals surface area contributed by atoms with Crippen molar-refractivity contribution in [3.8, 4) is 0 Å². The van der Waals surface area contributed by atoms with Gasteiger partial charge < -0.3 is 0 Å². The summed E-state index contributed by atoms with van der Waals surface area (Å²) >= 11 is 3.39. The first-order valence-electron chi connectivity index (χ1n) is 5.74. The van der Waals surface area contributed by atoms with E-state index in [1.165, 1.54) is 0 Å². The molecule has 0 saturated carbocycles. The van der Waals surface area contributed by atoms with Gasteiger partial charge in [0.25, 0.3) is 10.0 Å². The van der Waals surface area contributed by atoms with Crippen molar-refractivity contribution in [2.75, 3.05) is 4.72 Å². The molecule has 0 heterocycles. The highest BCUT2D eigenvalue weighted by atomic mass is 79.9. The Hall–Kier alpha value is -1.33. The first-order chi connectivity index (χ1) is 8.88. The molecule has 0 fully saturated rings. The first-order valence-corrected chi connectivity index (χ1v) is 8.02. The topological polar surface area (TPSA) is 46.2 Å². The van der Waals surface area contributed by atoms with Gasteiger partial charge in [0.1, 0.15) is 0 Å². The molecule has 0 bridgehead atoms. The fraction of sp³-hybridized carbons (Fsp3) is 0.143. The lowest BCUT2D eigenvalue weighted by atomic mass is 10.2. The van der Waals surface area contributed by atoms with E-state index in [4.69, 9.17) is 0 Å². The number of benzene rings is 2. The maximum absolute atomic E-state index is 12.2. The SMILES string of the molecule is Cc1cccc(S(=O)(=O)Nc2ccc(Br)c(C)c2)c1. The molecule has 0 radical (unpaired) electrons. The van der Waals surface area contributed by atoms with Crippen LogP contribution in [0.1, 0.15) is 11.1 Å². The molecular formula is C14H14BrNO2S. The van der Waals surface area contributed by atoms with Crippen LogP contribution in [0.4, 0.5) is 5.69 Å². The van der Waals surface area contributed by atoms with Crippen LogP contribution in [-0.4, -0.2) is 8.42 Å². The minimum Gasteiger partial charge on any atom is -0.280 e. The number of anilines is 1. The van der Waals surface area contributed by atoms with Crippen LogP contribution in [-0.2, 0) is 10.0 Å². The zero-order valence-electron chi connectivity index (χ0n) is 10.6. The molecule has 0 aromatic heterocycles. The van der Waals surface area contributed by atoms with Gasteiger partial charge in [0.15, 0.2) is 0 Å². The molecule has 0 atom stereocenters. The Labute approximate surface area is 121 Å². The highest BCUT2D eigenvalue weighted by Crippen LogP contribution is 2.22. The van der Waals surface area contributed by atoms with Gasteiger partial charge in [-0.25, -0.2) is 8.42 Å². The van der Waals surface area contributed by atoms with Crippen molar-refractivity contribution in [1.82, 2.24) is 0 Å². The largest absolute Gasteiger partial charge is 0.280 e. The van der Waals surface area contributed by atoms with Crippen LogP contribution in [0.15, 0.2) is 51.8 Å². The number of nitrogens with one attached hydrogen (secondary N) is 1. The second-order valence-corrected chi connectivity index (χ2v) is 6.92. The van der Waals surface area contributed by atoms with E-state index in [1.807, 2.05) is 26.0 Å². The zero-order chi connectivity index (χ0) is 14.0. The second kappa shape index (κ2) is 5.35. The van der Waals surface area contributed by atoms with E-state index in [0.717, 1.165) is 15.6 Å². The van der Waals surface area contributed by atoms with Crippen LogP contribution in [0.5, 0.6) is 0 Å². The lowest BCUT2D eigenvalue weighted by Gasteiger charge is -2.10. The molecule has 0 aliphatic heterocycles. The number of rotatable bonds is 3. The van der Waals surface area contributed by atoms with Gasteiger partial charge in [0, 0.05) is 10.2 Å². The highest BCUT2D eigenvalue weighted by molar-refractivity contribution is 9.10. The highest BCUT2D eigenvalue weighted by Gasteiger charge is 2.14. The average molecular weight is 340 g/mol. The van der Waals surface area contributed by atoms with E-state index >= 15 is 0 Å². The summed E-state index contributed by atoms with van der Waals surface area (Å²) in [5.74, 6) is 0. The standard InChI is InChI=1S/C14H14BrNO2S/c1-10-4-3-5-13(8-10)19(17,18)16-12-6-7-14(15)11(2)9-12/h3-9,16H,1-2H3. The van der Waals surface area contributed by atoms with Crippen LogP contribution >= 0.6 is 15.9 Å². The fourth-order valence-electron chi connectivity index (χ4n) is 1.70. The molecule has 0 amide bonds.